The van der Waals surface area contributed by atoms with Gasteiger partial charge in [0.2, 0.25) is 0 Å². The predicted octanol–water partition coefficient (Wildman–Crippen LogP) is 2.04. The smallest absolute Gasteiger partial charge is 0.105 e. The Bertz CT molecular complexity index is 459. The molecular formula is C13H19N3O. The summed E-state index contributed by atoms with van der Waals surface area (Å²) in [7, 11) is 1.97. The molecule has 2 rings (SSSR count). The molecule has 0 aliphatic heterocycles. The molecule has 0 aliphatic carbocycles. The number of nitrogens with one attached hydrogen (secondary N) is 1. The number of rotatable bonds is 5. The van der Waals surface area contributed by atoms with Crippen LogP contribution in [0.25, 0.3) is 0 Å². The van der Waals surface area contributed by atoms with E-state index in [0.29, 0.717) is 6.04 Å². The molecule has 1 atom stereocenters. The van der Waals surface area contributed by atoms with E-state index >= 15 is 0 Å². The van der Waals surface area contributed by atoms with Crippen molar-refractivity contribution in [3.05, 3.63) is 41.6 Å². The second-order valence-electron chi connectivity index (χ2n) is 4.47. The van der Waals surface area contributed by atoms with E-state index < -0.39 is 0 Å². The normalized spacial score (nSPS) is 12.9. The molecular weight excluding hydrogens is 214 g/mol. The molecule has 4 heteroatoms. The Morgan fingerprint density at radius 3 is 2.94 bits per heavy atom. The van der Waals surface area contributed by atoms with Crippen LogP contribution >= 0.6 is 0 Å². The molecule has 0 saturated heterocycles. The van der Waals surface area contributed by atoms with E-state index in [1.165, 1.54) is 5.69 Å². The highest BCUT2D eigenvalue weighted by molar-refractivity contribution is 5.08. The maximum atomic E-state index is 5.33. The average Bonchev–Trinajstić information content (AvgIpc) is 2.86. The number of furan rings is 1. The molecule has 17 heavy (non-hydrogen) atoms. The fraction of sp³-hybridized carbons (Fsp3) is 0.462. The number of aromatic nitrogens is 2. The highest BCUT2D eigenvalue weighted by Gasteiger charge is 2.07. The van der Waals surface area contributed by atoms with Gasteiger partial charge >= 0.3 is 0 Å². The second-order valence-corrected chi connectivity index (χ2v) is 4.47. The highest BCUT2D eigenvalue weighted by atomic mass is 16.3. The van der Waals surface area contributed by atoms with Gasteiger partial charge in [-0.05, 0) is 32.0 Å². The maximum Gasteiger partial charge on any atom is 0.105 e. The van der Waals surface area contributed by atoms with Crippen LogP contribution in [0, 0.1) is 6.92 Å². The molecule has 1 unspecified atom stereocenters. The van der Waals surface area contributed by atoms with Gasteiger partial charge in [-0.3, -0.25) is 4.68 Å². The van der Waals surface area contributed by atoms with Gasteiger partial charge in [-0.25, -0.2) is 0 Å². The molecule has 92 valence electrons. The molecule has 2 heterocycles. The molecule has 0 bridgehead atoms. The summed E-state index contributed by atoms with van der Waals surface area (Å²) in [5, 5.41) is 7.79. The van der Waals surface area contributed by atoms with Crippen LogP contribution in [-0.2, 0) is 20.0 Å². The standard InChI is InChI=1S/C13H19N3O/c1-10(8-13-5-4-6-17-13)14-9-12-7-11(2)15-16(12)3/h4-7,10,14H,8-9H2,1-3H3. The minimum Gasteiger partial charge on any atom is -0.469 e. The first-order valence-electron chi connectivity index (χ1n) is 5.90. The fourth-order valence-corrected chi connectivity index (χ4v) is 1.91. The van der Waals surface area contributed by atoms with Gasteiger partial charge in [-0.2, -0.15) is 5.10 Å². The van der Waals surface area contributed by atoms with Gasteiger partial charge in [0.05, 0.1) is 17.7 Å². The Morgan fingerprint density at radius 2 is 2.35 bits per heavy atom. The summed E-state index contributed by atoms with van der Waals surface area (Å²) >= 11 is 0. The molecule has 1 N–H and O–H groups in total. The Labute approximate surface area is 102 Å². The summed E-state index contributed by atoms with van der Waals surface area (Å²) in [4.78, 5) is 0. The quantitative estimate of drug-likeness (QED) is 0.859. The van der Waals surface area contributed by atoms with Gasteiger partial charge in [-0.15, -0.1) is 0 Å². The Kier molecular flexibility index (Phi) is 3.64. The minimum absolute atomic E-state index is 0.386. The topological polar surface area (TPSA) is 43.0 Å². The van der Waals surface area contributed by atoms with Crippen molar-refractivity contribution in [2.45, 2.75) is 32.9 Å². The van der Waals surface area contributed by atoms with Gasteiger partial charge in [0, 0.05) is 26.1 Å². The van der Waals surface area contributed by atoms with Crippen molar-refractivity contribution in [1.29, 1.82) is 0 Å². The average molecular weight is 233 g/mol. The van der Waals surface area contributed by atoms with Gasteiger partial charge in [0.15, 0.2) is 0 Å². The van der Waals surface area contributed by atoms with Crippen molar-refractivity contribution >= 4 is 0 Å². The van der Waals surface area contributed by atoms with E-state index in [1.54, 1.807) is 6.26 Å². The van der Waals surface area contributed by atoms with Crippen LogP contribution in [-0.4, -0.2) is 15.8 Å². The zero-order valence-corrected chi connectivity index (χ0v) is 10.6. The maximum absolute atomic E-state index is 5.33. The van der Waals surface area contributed by atoms with Crippen LogP contribution in [0.15, 0.2) is 28.9 Å². The van der Waals surface area contributed by atoms with E-state index in [4.69, 9.17) is 4.42 Å². The van der Waals surface area contributed by atoms with Gasteiger partial charge in [-0.1, -0.05) is 0 Å². The van der Waals surface area contributed by atoms with Crippen LogP contribution < -0.4 is 5.32 Å². The van der Waals surface area contributed by atoms with Gasteiger partial charge in [0.1, 0.15) is 5.76 Å². The van der Waals surface area contributed by atoms with Crippen molar-refractivity contribution in [2.75, 3.05) is 0 Å². The first-order valence-corrected chi connectivity index (χ1v) is 5.90. The summed E-state index contributed by atoms with van der Waals surface area (Å²) in [6.45, 7) is 5.00. The number of hydrogen-bond acceptors (Lipinski definition) is 3. The third kappa shape index (κ3) is 3.20. The molecule has 0 spiro atoms. The Balaban J connectivity index is 1.84. The minimum atomic E-state index is 0.386. The molecule has 4 nitrogen and oxygen atoms in total. The van der Waals surface area contributed by atoms with Crippen LogP contribution in [0.2, 0.25) is 0 Å². The SMILES string of the molecule is Cc1cc(CNC(C)Cc2ccco2)n(C)n1. The predicted molar refractivity (Wildman–Crippen MR) is 66.7 cm³/mol. The lowest BCUT2D eigenvalue weighted by Crippen LogP contribution is -2.28. The van der Waals surface area contributed by atoms with Gasteiger partial charge < -0.3 is 9.73 Å². The summed E-state index contributed by atoms with van der Waals surface area (Å²) in [5.41, 5.74) is 2.26. The van der Waals surface area contributed by atoms with Crippen molar-refractivity contribution in [3.63, 3.8) is 0 Å². The second kappa shape index (κ2) is 5.19. The van der Waals surface area contributed by atoms with E-state index in [1.807, 2.05) is 30.8 Å². The number of aryl methyl sites for hydroxylation is 2. The largest absolute Gasteiger partial charge is 0.469 e. The Morgan fingerprint density at radius 1 is 1.53 bits per heavy atom. The summed E-state index contributed by atoms with van der Waals surface area (Å²) in [6, 6.07) is 6.42. The van der Waals surface area contributed by atoms with Crippen molar-refractivity contribution in [3.8, 4) is 0 Å². The van der Waals surface area contributed by atoms with Gasteiger partial charge in [0.25, 0.3) is 0 Å². The van der Waals surface area contributed by atoms with Crippen LogP contribution in [0.4, 0.5) is 0 Å². The fourth-order valence-electron chi connectivity index (χ4n) is 1.91. The lowest BCUT2D eigenvalue weighted by molar-refractivity contribution is 0.452. The van der Waals surface area contributed by atoms with E-state index in [-0.39, 0.29) is 0 Å². The molecule has 0 fully saturated rings. The third-order valence-electron chi connectivity index (χ3n) is 2.82. The molecule has 0 aromatic carbocycles. The first-order chi connectivity index (χ1) is 8.15. The highest BCUT2D eigenvalue weighted by Crippen LogP contribution is 2.06. The number of nitrogens with zero attached hydrogens (tertiary/aromatic N) is 2. The molecule has 0 amide bonds. The molecule has 0 saturated carbocycles. The Hall–Kier alpha value is -1.55. The zero-order valence-electron chi connectivity index (χ0n) is 10.6. The summed E-state index contributed by atoms with van der Waals surface area (Å²) in [5.74, 6) is 1.02. The van der Waals surface area contributed by atoms with Crippen LogP contribution in [0.5, 0.6) is 0 Å². The first kappa shape index (κ1) is 11.9. The zero-order chi connectivity index (χ0) is 12.3. The number of hydrogen-bond donors (Lipinski definition) is 1. The van der Waals surface area contributed by atoms with Crippen molar-refractivity contribution < 1.29 is 4.42 Å². The van der Waals surface area contributed by atoms with E-state index in [9.17, 15) is 0 Å². The summed E-state index contributed by atoms with van der Waals surface area (Å²) in [6.07, 6.45) is 2.62. The lowest BCUT2D eigenvalue weighted by atomic mass is 10.2. The lowest BCUT2D eigenvalue weighted by Gasteiger charge is -2.12. The van der Waals surface area contributed by atoms with Crippen LogP contribution in [0.1, 0.15) is 24.1 Å². The monoisotopic (exact) mass is 233 g/mol. The third-order valence-corrected chi connectivity index (χ3v) is 2.82. The molecule has 0 aliphatic rings. The van der Waals surface area contributed by atoms with Crippen molar-refractivity contribution in [2.24, 2.45) is 7.05 Å². The van der Waals surface area contributed by atoms with E-state index in [2.05, 4.69) is 23.4 Å². The molecule has 2 aromatic heterocycles. The summed E-state index contributed by atoms with van der Waals surface area (Å²) < 4.78 is 7.25. The van der Waals surface area contributed by atoms with Crippen LogP contribution in [0.3, 0.4) is 0 Å². The molecule has 0 radical (unpaired) electrons. The molecule has 2 aromatic rings. The van der Waals surface area contributed by atoms with E-state index in [0.717, 1.165) is 24.4 Å². The van der Waals surface area contributed by atoms with Crippen molar-refractivity contribution in [1.82, 2.24) is 15.1 Å².